The van der Waals surface area contributed by atoms with E-state index in [1.807, 2.05) is 32.1 Å². The van der Waals surface area contributed by atoms with Crippen molar-refractivity contribution in [2.24, 2.45) is 0 Å². The van der Waals surface area contributed by atoms with E-state index in [2.05, 4.69) is 6.08 Å². The summed E-state index contributed by atoms with van der Waals surface area (Å²) in [5.41, 5.74) is 0.0747. The van der Waals surface area contributed by atoms with Gasteiger partial charge >= 0.3 is 6.09 Å². The molecule has 0 aromatic heterocycles. The van der Waals surface area contributed by atoms with E-state index in [0.29, 0.717) is 6.42 Å². The van der Waals surface area contributed by atoms with Crippen LogP contribution in [0.15, 0.2) is 53.5 Å². The summed E-state index contributed by atoms with van der Waals surface area (Å²) in [7, 11) is -4.09. The van der Waals surface area contributed by atoms with E-state index < -0.39 is 21.7 Å². The lowest BCUT2D eigenvalue weighted by Crippen LogP contribution is -2.41. The highest BCUT2D eigenvalue weighted by atomic mass is 32.2. The smallest absolute Gasteiger partial charge is 0.424 e. The molecule has 0 bridgehead atoms. The number of nitrogens with zero attached hydrogens (tertiary/aromatic N) is 1. The minimum absolute atomic E-state index is 0.0197. The van der Waals surface area contributed by atoms with Crippen LogP contribution in [0.3, 0.4) is 0 Å². The molecular weight excluding hydrogens is 426 g/mol. The number of unbranched alkanes of at least 4 members (excludes halogenated alkanes) is 2. The Kier molecular flexibility index (Phi) is 11.4. The summed E-state index contributed by atoms with van der Waals surface area (Å²) >= 11 is 0. The molecule has 0 aliphatic carbocycles. The quantitative estimate of drug-likeness (QED) is 0.282. The monoisotopic (exact) mass is 463 g/mol. The van der Waals surface area contributed by atoms with Crippen LogP contribution in [-0.2, 0) is 19.6 Å². The largest absolute Gasteiger partial charge is 0.443 e. The molecule has 0 N–H and O–H groups in total. The number of hydrogen-bond donors (Lipinski definition) is 0. The van der Waals surface area contributed by atoms with Crippen LogP contribution in [0.1, 0.15) is 71.8 Å². The van der Waals surface area contributed by atoms with Gasteiger partial charge in [0.05, 0.1) is 4.90 Å². The summed E-state index contributed by atoms with van der Waals surface area (Å²) in [6.45, 7) is 8.74. The van der Waals surface area contributed by atoms with Gasteiger partial charge in [-0.2, -0.15) is 0 Å². The van der Waals surface area contributed by atoms with Crippen LogP contribution < -0.4 is 0 Å². The normalized spacial score (nSPS) is 12.4. The van der Waals surface area contributed by atoms with E-state index in [4.69, 9.17) is 4.74 Å². The Bertz CT molecular complexity index is 893. The number of ketones is 1. The van der Waals surface area contributed by atoms with Crippen molar-refractivity contribution in [3.63, 3.8) is 0 Å². The van der Waals surface area contributed by atoms with Gasteiger partial charge in [-0.05, 0) is 72.4 Å². The maximum absolute atomic E-state index is 13.1. The maximum atomic E-state index is 13.1. The summed E-state index contributed by atoms with van der Waals surface area (Å²) in [4.78, 5) is 24.9. The Balaban J connectivity index is 2.72. The van der Waals surface area contributed by atoms with Gasteiger partial charge in [-0.3, -0.25) is 4.79 Å². The van der Waals surface area contributed by atoms with Crippen molar-refractivity contribution in [3.05, 3.63) is 54.1 Å². The van der Waals surface area contributed by atoms with E-state index in [1.54, 1.807) is 32.9 Å². The fraction of sp³-hybridized carbons (Fsp3) is 0.520. The van der Waals surface area contributed by atoms with Crippen LogP contribution in [0.5, 0.6) is 0 Å². The zero-order chi connectivity index (χ0) is 24.2. The average molecular weight is 464 g/mol. The molecule has 0 fully saturated rings. The van der Waals surface area contributed by atoms with Gasteiger partial charge in [0.15, 0.2) is 0 Å². The Morgan fingerprint density at radius 1 is 1.00 bits per heavy atom. The molecule has 0 saturated heterocycles. The topological polar surface area (TPSA) is 80.8 Å². The molecule has 0 atom stereocenters. The summed E-state index contributed by atoms with van der Waals surface area (Å²) in [5.74, 6) is 0.0688. The van der Waals surface area contributed by atoms with E-state index in [-0.39, 0.29) is 30.1 Å². The van der Waals surface area contributed by atoms with Crippen molar-refractivity contribution < 1.29 is 22.7 Å². The Morgan fingerprint density at radius 3 is 2.22 bits per heavy atom. The number of sulfonamides is 1. The molecule has 7 heteroatoms. The van der Waals surface area contributed by atoms with Crippen molar-refractivity contribution >= 4 is 21.9 Å². The van der Waals surface area contributed by atoms with Crippen LogP contribution in [0.4, 0.5) is 4.79 Å². The first-order valence-electron chi connectivity index (χ1n) is 11.1. The fourth-order valence-corrected chi connectivity index (χ4v) is 4.21. The highest BCUT2D eigenvalue weighted by molar-refractivity contribution is 7.89. The van der Waals surface area contributed by atoms with Crippen LogP contribution in [0.2, 0.25) is 0 Å². The number of hydrogen-bond acceptors (Lipinski definition) is 5. The molecule has 0 saturated carbocycles. The third-order valence-electron chi connectivity index (χ3n) is 4.54. The van der Waals surface area contributed by atoms with Gasteiger partial charge in [0.25, 0.3) is 10.0 Å². The number of rotatable bonds is 12. The van der Waals surface area contributed by atoms with E-state index in [1.165, 1.54) is 12.1 Å². The van der Waals surface area contributed by atoms with Gasteiger partial charge in [0, 0.05) is 19.4 Å². The first-order valence-corrected chi connectivity index (χ1v) is 12.5. The minimum atomic E-state index is -4.09. The van der Waals surface area contributed by atoms with Gasteiger partial charge in [-0.1, -0.05) is 42.0 Å². The van der Waals surface area contributed by atoms with Gasteiger partial charge < -0.3 is 4.74 Å². The first-order chi connectivity index (χ1) is 15.0. The molecule has 0 heterocycles. The predicted molar refractivity (Wildman–Crippen MR) is 128 cm³/mol. The number of amides is 1. The third-order valence-corrected chi connectivity index (χ3v) is 6.32. The van der Waals surface area contributed by atoms with Gasteiger partial charge in [0.2, 0.25) is 0 Å². The second kappa shape index (κ2) is 13.2. The van der Waals surface area contributed by atoms with E-state index in [0.717, 1.165) is 29.1 Å². The van der Waals surface area contributed by atoms with E-state index in [9.17, 15) is 18.0 Å². The lowest BCUT2D eigenvalue weighted by Gasteiger charge is -2.27. The molecule has 0 unspecified atom stereocenters. The van der Waals surface area contributed by atoms with Crippen molar-refractivity contribution in [2.45, 2.75) is 83.6 Å². The highest BCUT2D eigenvalue weighted by Crippen LogP contribution is 2.21. The SMILES string of the molecule is C/C=C/C=C/CCCCC(=O)CCCN(C(=O)OC(C)(C)C)S(=O)(=O)c1ccc(C)cc1. The summed E-state index contributed by atoms with van der Waals surface area (Å²) < 4.78 is 32.2. The van der Waals surface area contributed by atoms with Gasteiger partial charge in [-0.25, -0.2) is 17.5 Å². The first kappa shape index (κ1) is 27.6. The highest BCUT2D eigenvalue weighted by Gasteiger charge is 2.32. The van der Waals surface area contributed by atoms with Crippen molar-refractivity contribution in [2.75, 3.05) is 6.54 Å². The lowest BCUT2D eigenvalue weighted by molar-refractivity contribution is -0.119. The molecule has 1 amide bonds. The van der Waals surface area contributed by atoms with Crippen molar-refractivity contribution in [1.82, 2.24) is 4.31 Å². The third kappa shape index (κ3) is 10.3. The molecule has 32 heavy (non-hydrogen) atoms. The van der Waals surface area contributed by atoms with Crippen LogP contribution in [0.25, 0.3) is 0 Å². The standard InChI is InChI=1S/C25H37NO5S/c1-6-7-8-9-10-11-12-14-22(27)15-13-20-26(24(28)31-25(3,4)5)32(29,30)23-18-16-21(2)17-19-23/h6-9,16-19H,10-15,20H2,1-5H3/b7-6+,9-8+. The van der Waals surface area contributed by atoms with Crippen molar-refractivity contribution in [1.29, 1.82) is 0 Å². The predicted octanol–water partition coefficient (Wildman–Crippen LogP) is 5.96. The van der Waals surface area contributed by atoms with Crippen LogP contribution >= 0.6 is 0 Å². The molecule has 0 aliphatic heterocycles. The maximum Gasteiger partial charge on any atom is 0.424 e. The molecule has 178 valence electrons. The summed E-state index contributed by atoms with van der Waals surface area (Å²) in [5, 5.41) is 0. The number of carbonyl (C=O) groups is 2. The second-order valence-electron chi connectivity index (χ2n) is 8.71. The molecular formula is C25H37NO5S. The van der Waals surface area contributed by atoms with E-state index >= 15 is 0 Å². The fourth-order valence-electron chi connectivity index (χ4n) is 2.88. The number of carbonyl (C=O) groups excluding carboxylic acids is 2. The minimum Gasteiger partial charge on any atom is -0.443 e. The summed E-state index contributed by atoms with van der Waals surface area (Å²) in [6.07, 6.45) is 10.6. The van der Waals surface area contributed by atoms with Crippen LogP contribution in [-0.4, -0.2) is 36.7 Å². The van der Waals surface area contributed by atoms with Crippen molar-refractivity contribution in [3.8, 4) is 0 Å². The number of ether oxygens (including phenoxy) is 1. The number of benzene rings is 1. The number of allylic oxidation sites excluding steroid dienone is 4. The zero-order valence-corrected chi connectivity index (χ0v) is 20.8. The van der Waals surface area contributed by atoms with Crippen LogP contribution in [0, 0.1) is 6.92 Å². The second-order valence-corrected chi connectivity index (χ2v) is 10.6. The molecule has 0 aliphatic rings. The Morgan fingerprint density at radius 2 is 1.62 bits per heavy atom. The average Bonchev–Trinajstić information content (AvgIpc) is 2.69. The molecule has 0 radical (unpaired) electrons. The van der Waals surface area contributed by atoms with Gasteiger partial charge in [-0.15, -0.1) is 0 Å². The Labute approximate surface area is 193 Å². The molecule has 1 aromatic carbocycles. The molecule has 6 nitrogen and oxygen atoms in total. The molecule has 1 aromatic rings. The molecule has 1 rings (SSSR count). The number of Topliss-reactive ketones (excluding diaryl/α,β-unsaturated/α-hetero) is 1. The molecule has 0 spiro atoms. The lowest BCUT2D eigenvalue weighted by atomic mass is 10.1. The summed E-state index contributed by atoms with van der Waals surface area (Å²) in [6, 6.07) is 6.30. The number of aryl methyl sites for hydroxylation is 1. The van der Waals surface area contributed by atoms with Gasteiger partial charge in [0.1, 0.15) is 11.4 Å². The zero-order valence-electron chi connectivity index (χ0n) is 20.0. The Hall–Kier alpha value is -2.41.